The molecule has 0 bridgehead atoms. The molecule has 2 fully saturated rings. The summed E-state index contributed by atoms with van der Waals surface area (Å²) in [5, 5.41) is 7.27. The Balaban J connectivity index is 1.16. The maximum absolute atomic E-state index is 14.1. The number of ether oxygens (including phenoxy) is 1. The largest absolute Gasteiger partial charge is 0.423 e. The molecule has 3 heterocycles. The molecule has 10 nitrogen and oxygen atoms in total. The number of Topliss-reactive ketones (excluding diaryl/α,β-unsaturated/α-hetero) is 1. The molecule has 7 rings (SSSR count). The average molecular weight is 685 g/mol. The van der Waals surface area contributed by atoms with Crippen LogP contribution in [0.3, 0.4) is 0 Å². The molecule has 0 N–H and O–H groups in total. The van der Waals surface area contributed by atoms with E-state index in [1.54, 1.807) is 29.2 Å². The van der Waals surface area contributed by atoms with Gasteiger partial charge in [-0.25, -0.2) is 13.4 Å². The number of ketones is 1. The number of sulfone groups is 1. The lowest BCUT2D eigenvalue weighted by Gasteiger charge is -2.26. The maximum atomic E-state index is 14.1. The molecule has 248 valence electrons. The lowest BCUT2D eigenvalue weighted by Crippen LogP contribution is -2.40. The van der Waals surface area contributed by atoms with E-state index in [-0.39, 0.29) is 35.6 Å². The van der Waals surface area contributed by atoms with Crippen molar-refractivity contribution in [2.75, 3.05) is 26.3 Å². The number of carbonyl (C=O) groups is 2. The molecule has 1 aliphatic carbocycles. The Hall–Kier alpha value is -4.26. The minimum atomic E-state index is -3.92. The molecule has 2 aliphatic rings. The Morgan fingerprint density at radius 1 is 0.917 bits per heavy atom. The van der Waals surface area contributed by atoms with Crippen LogP contribution in [0.5, 0.6) is 0 Å². The number of fused-ring (bicyclic) bond motifs is 1. The van der Waals surface area contributed by atoms with E-state index in [9.17, 15) is 18.0 Å². The van der Waals surface area contributed by atoms with E-state index in [2.05, 4.69) is 10.2 Å². The fourth-order valence-corrected chi connectivity index (χ4v) is 9.66. The molecule has 0 radical (unpaired) electrons. The molecule has 1 aliphatic heterocycles. The highest BCUT2D eigenvalue weighted by atomic mass is 32.2. The van der Waals surface area contributed by atoms with Crippen molar-refractivity contribution >= 4 is 43.1 Å². The summed E-state index contributed by atoms with van der Waals surface area (Å²) in [5.74, 6) is 0.181. The summed E-state index contributed by atoms with van der Waals surface area (Å²) in [6, 6.07) is 22.2. The first-order valence-electron chi connectivity index (χ1n) is 16.3. The van der Waals surface area contributed by atoms with Gasteiger partial charge in [0.25, 0.3) is 5.91 Å². The highest BCUT2D eigenvalue weighted by Crippen LogP contribution is 2.38. The molecular formula is C36H36N4O6S2. The third kappa shape index (κ3) is 7.25. The number of hydrogen-bond donors (Lipinski definition) is 0. The van der Waals surface area contributed by atoms with E-state index in [1.165, 1.54) is 11.3 Å². The van der Waals surface area contributed by atoms with Crippen LogP contribution < -0.4 is 0 Å². The van der Waals surface area contributed by atoms with Crippen LogP contribution in [0.25, 0.3) is 21.3 Å². The van der Waals surface area contributed by atoms with E-state index < -0.39 is 15.1 Å². The first-order valence-corrected chi connectivity index (χ1v) is 18.8. The Kier molecular flexibility index (Phi) is 9.47. The van der Waals surface area contributed by atoms with E-state index >= 15 is 0 Å². The number of aromatic nitrogens is 3. The van der Waals surface area contributed by atoms with Crippen LogP contribution in [0.2, 0.25) is 0 Å². The number of hydrogen-bond acceptors (Lipinski definition) is 10. The monoisotopic (exact) mass is 684 g/mol. The average Bonchev–Trinajstić information content (AvgIpc) is 3.87. The third-order valence-corrected chi connectivity index (χ3v) is 12.1. The predicted octanol–water partition coefficient (Wildman–Crippen LogP) is 6.22. The number of benzene rings is 3. The zero-order valence-electron chi connectivity index (χ0n) is 26.4. The van der Waals surface area contributed by atoms with Crippen LogP contribution in [0.4, 0.5) is 0 Å². The summed E-state index contributed by atoms with van der Waals surface area (Å²) in [6.45, 7) is 2.25. The van der Waals surface area contributed by atoms with E-state index in [4.69, 9.17) is 14.1 Å². The summed E-state index contributed by atoms with van der Waals surface area (Å²) in [4.78, 5) is 32.2. The van der Waals surface area contributed by atoms with Gasteiger partial charge in [0.2, 0.25) is 11.8 Å². The van der Waals surface area contributed by atoms with Crippen molar-refractivity contribution in [2.45, 2.75) is 49.5 Å². The number of rotatable bonds is 11. The van der Waals surface area contributed by atoms with Crippen molar-refractivity contribution < 1.29 is 27.2 Å². The zero-order valence-corrected chi connectivity index (χ0v) is 28.0. The topological polar surface area (TPSA) is 133 Å². The van der Waals surface area contributed by atoms with Crippen LogP contribution in [-0.4, -0.2) is 66.5 Å². The SMILES string of the molecule is O=C(Cc1nnc(C(c2nc3ccc(-c4ccc(C(=O)N5CCOCC5)cc4)cc3s2)S(=O)(=O)Cc2ccccc2)o1)CC1CCCC1. The molecule has 1 unspecified atom stereocenters. The minimum absolute atomic E-state index is 0.0162. The van der Waals surface area contributed by atoms with Crippen molar-refractivity contribution in [3.8, 4) is 11.1 Å². The first kappa shape index (κ1) is 32.3. The lowest BCUT2D eigenvalue weighted by atomic mass is 10.00. The van der Waals surface area contributed by atoms with Gasteiger partial charge >= 0.3 is 0 Å². The number of nitrogens with zero attached hydrogens (tertiary/aromatic N) is 4. The van der Waals surface area contributed by atoms with Gasteiger partial charge in [-0.1, -0.05) is 74.2 Å². The fraction of sp³-hybridized carbons (Fsp3) is 0.361. The smallest absolute Gasteiger partial charge is 0.254 e. The second-order valence-electron chi connectivity index (χ2n) is 12.5. The summed E-state index contributed by atoms with van der Waals surface area (Å²) < 4.78 is 40.2. The van der Waals surface area contributed by atoms with Crippen molar-refractivity contribution in [3.05, 3.63) is 101 Å². The van der Waals surface area contributed by atoms with Crippen LogP contribution in [-0.2, 0) is 31.5 Å². The zero-order chi connectivity index (χ0) is 33.1. The van der Waals surface area contributed by atoms with Crippen LogP contribution >= 0.6 is 11.3 Å². The third-order valence-electron chi connectivity index (χ3n) is 9.01. The second-order valence-corrected chi connectivity index (χ2v) is 15.6. The predicted molar refractivity (Wildman–Crippen MR) is 182 cm³/mol. The van der Waals surface area contributed by atoms with Crippen LogP contribution in [0.1, 0.15) is 70.1 Å². The quantitative estimate of drug-likeness (QED) is 0.159. The number of thiazole rings is 1. The van der Waals surface area contributed by atoms with Gasteiger partial charge in [0.15, 0.2) is 15.1 Å². The Bertz CT molecular complexity index is 2010. The van der Waals surface area contributed by atoms with Gasteiger partial charge in [-0.05, 0) is 46.9 Å². The van der Waals surface area contributed by atoms with Crippen molar-refractivity contribution in [1.82, 2.24) is 20.1 Å². The second kappa shape index (κ2) is 14.1. The van der Waals surface area contributed by atoms with Gasteiger partial charge in [0.05, 0.1) is 35.6 Å². The minimum Gasteiger partial charge on any atom is -0.423 e. The van der Waals surface area contributed by atoms with E-state index in [0.29, 0.717) is 60.3 Å². The highest BCUT2D eigenvalue weighted by Gasteiger charge is 2.37. The van der Waals surface area contributed by atoms with Gasteiger partial charge in [-0.15, -0.1) is 21.5 Å². The summed E-state index contributed by atoms with van der Waals surface area (Å²) in [7, 11) is -3.92. The summed E-state index contributed by atoms with van der Waals surface area (Å²) in [5.41, 5.74) is 3.72. The highest BCUT2D eigenvalue weighted by molar-refractivity contribution is 7.91. The standard InChI is InChI=1S/C36H36N4O6S2/c41-29(20-24-6-4-5-7-24)22-32-38-39-34(46-32)33(48(43,44)23-25-8-2-1-3-9-25)35-37-30-15-14-28(21-31(30)47-35)26-10-12-27(13-11-26)36(42)40-16-18-45-19-17-40/h1-3,8-15,21,24,33H,4-7,16-20,22-23H2. The summed E-state index contributed by atoms with van der Waals surface area (Å²) >= 11 is 1.26. The number of amides is 1. The van der Waals surface area contributed by atoms with Crippen LogP contribution in [0.15, 0.2) is 77.2 Å². The molecule has 3 aromatic carbocycles. The molecule has 1 saturated heterocycles. The van der Waals surface area contributed by atoms with Gasteiger partial charge in [0, 0.05) is 25.1 Å². The number of carbonyl (C=O) groups excluding carboxylic acids is 2. The molecule has 1 amide bonds. The molecule has 0 spiro atoms. The Morgan fingerprint density at radius 2 is 1.65 bits per heavy atom. The van der Waals surface area contributed by atoms with E-state index in [0.717, 1.165) is 41.5 Å². The molecule has 48 heavy (non-hydrogen) atoms. The van der Waals surface area contributed by atoms with Gasteiger partial charge in [-0.3, -0.25) is 9.59 Å². The summed E-state index contributed by atoms with van der Waals surface area (Å²) in [6.07, 6.45) is 4.86. The normalized spacial score (nSPS) is 16.4. The van der Waals surface area contributed by atoms with Crippen molar-refractivity contribution in [3.63, 3.8) is 0 Å². The molecule has 2 aromatic heterocycles. The molecule has 5 aromatic rings. The van der Waals surface area contributed by atoms with Crippen molar-refractivity contribution in [1.29, 1.82) is 0 Å². The molecular weight excluding hydrogens is 649 g/mol. The molecule has 1 atom stereocenters. The molecule has 1 saturated carbocycles. The first-order chi connectivity index (χ1) is 23.3. The van der Waals surface area contributed by atoms with Gasteiger partial charge in [-0.2, -0.15) is 0 Å². The van der Waals surface area contributed by atoms with Gasteiger partial charge < -0.3 is 14.1 Å². The fourth-order valence-electron chi connectivity index (χ4n) is 6.51. The van der Waals surface area contributed by atoms with E-state index in [1.807, 2.05) is 48.5 Å². The Morgan fingerprint density at radius 3 is 2.40 bits per heavy atom. The number of morpholine rings is 1. The molecule has 12 heteroatoms. The van der Waals surface area contributed by atoms with Crippen molar-refractivity contribution in [2.24, 2.45) is 5.92 Å². The lowest BCUT2D eigenvalue weighted by molar-refractivity contribution is -0.119. The van der Waals surface area contributed by atoms with Crippen LogP contribution in [0, 0.1) is 5.92 Å². The van der Waals surface area contributed by atoms with Gasteiger partial charge in [0.1, 0.15) is 10.8 Å². The Labute approximate surface area is 283 Å². The maximum Gasteiger partial charge on any atom is 0.254 e.